The van der Waals surface area contributed by atoms with Crippen LogP contribution in [0.15, 0.2) is 66.7 Å². The summed E-state index contributed by atoms with van der Waals surface area (Å²) in [6.07, 6.45) is 1.30. The molecule has 198 valence electrons. The Hall–Kier alpha value is -4.18. The zero-order chi connectivity index (χ0) is 27.3. The number of nitrogens with one attached hydrogen (secondary N) is 2. The van der Waals surface area contributed by atoms with Crippen molar-refractivity contribution in [3.8, 4) is 11.1 Å². The number of benzene rings is 3. The van der Waals surface area contributed by atoms with Gasteiger partial charge in [-0.2, -0.15) is 0 Å². The first-order chi connectivity index (χ1) is 18.2. The van der Waals surface area contributed by atoms with Crippen LogP contribution in [0.4, 0.5) is 16.2 Å². The van der Waals surface area contributed by atoms with Crippen molar-refractivity contribution in [3.63, 3.8) is 0 Å². The van der Waals surface area contributed by atoms with Crippen LogP contribution in [0.3, 0.4) is 0 Å². The fraction of sp³-hybridized carbons (Fsp3) is 0.250. The molecule has 38 heavy (non-hydrogen) atoms. The molecule has 0 spiro atoms. The summed E-state index contributed by atoms with van der Waals surface area (Å²) in [5.74, 6) is -0.553. The second-order valence-electron chi connectivity index (χ2n) is 8.94. The quantitative estimate of drug-likeness (QED) is 0.349. The number of urea groups is 1. The number of methoxy groups -OCH3 is 1. The highest BCUT2D eigenvalue weighted by molar-refractivity contribution is 7.91. The molecule has 1 saturated heterocycles. The maximum atomic E-state index is 13.6. The highest BCUT2D eigenvalue weighted by Gasteiger charge is 2.29. The summed E-state index contributed by atoms with van der Waals surface area (Å²) in [7, 11) is -0.00817. The van der Waals surface area contributed by atoms with Crippen molar-refractivity contribution in [2.75, 3.05) is 49.0 Å². The summed E-state index contributed by atoms with van der Waals surface area (Å²) in [5, 5.41) is 10.7. The summed E-state index contributed by atoms with van der Waals surface area (Å²) in [6.45, 7) is 0.521. The number of carbonyl (C=O) groups excluding carboxylic acids is 2. The molecule has 0 atom stereocenters. The van der Waals surface area contributed by atoms with Crippen molar-refractivity contribution in [1.29, 1.82) is 5.41 Å². The fourth-order valence-corrected chi connectivity index (χ4v) is 5.50. The monoisotopic (exact) mass is 534 g/mol. The molecule has 0 unspecified atom stereocenters. The number of hydrogen-bond acceptors (Lipinski definition) is 7. The van der Waals surface area contributed by atoms with Gasteiger partial charge in [0.25, 0.3) is 0 Å². The molecule has 3 aromatic rings. The highest BCUT2D eigenvalue weighted by atomic mass is 32.2. The molecule has 0 bridgehead atoms. The zero-order valence-corrected chi connectivity index (χ0v) is 22.1. The Labute approximate surface area is 222 Å². The van der Waals surface area contributed by atoms with Gasteiger partial charge in [-0.3, -0.25) is 4.90 Å². The van der Waals surface area contributed by atoms with Crippen LogP contribution in [-0.4, -0.2) is 70.3 Å². The van der Waals surface area contributed by atoms with Gasteiger partial charge in [0, 0.05) is 43.3 Å². The highest BCUT2D eigenvalue weighted by Crippen LogP contribution is 2.28. The molecule has 2 amide bonds. The number of ether oxygens (including phenoxy) is 1. The summed E-state index contributed by atoms with van der Waals surface area (Å²) >= 11 is 0. The van der Waals surface area contributed by atoms with Crippen molar-refractivity contribution in [2.45, 2.75) is 6.54 Å². The molecule has 1 aliphatic rings. The Bertz CT molecular complexity index is 1420. The average molecular weight is 535 g/mol. The van der Waals surface area contributed by atoms with Crippen LogP contribution >= 0.6 is 0 Å². The fourth-order valence-electron chi connectivity index (χ4n) is 4.30. The third-order valence-electron chi connectivity index (χ3n) is 6.55. The molecule has 2 N–H and O–H groups in total. The lowest BCUT2D eigenvalue weighted by atomic mass is 10.0. The first-order valence-corrected chi connectivity index (χ1v) is 13.9. The largest absolute Gasteiger partial charge is 0.465 e. The predicted octanol–water partition coefficient (Wildman–Crippen LogP) is 4.04. The second kappa shape index (κ2) is 11.5. The van der Waals surface area contributed by atoms with Crippen LogP contribution in [0.5, 0.6) is 0 Å². The van der Waals surface area contributed by atoms with E-state index in [1.165, 1.54) is 13.3 Å². The molecule has 4 rings (SSSR count). The van der Waals surface area contributed by atoms with Crippen LogP contribution in [0.1, 0.15) is 21.5 Å². The summed E-state index contributed by atoms with van der Waals surface area (Å²) in [4.78, 5) is 28.6. The van der Waals surface area contributed by atoms with Gasteiger partial charge in [-0.15, -0.1) is 0 Å². The van der Waals surface area contributed by atoms with Crippen molar-refractivity contribution in [3.05, 3.63) is 83.4 Å². The van der Waals surface area contributed by atoms with E-state index >= 15 is 0 Å². The van der Waals surface area contributed by atoms with Gasteiger partial charge in [-0.25, -0.2) is 18.0 Å². The van der Waals surface area contributed by atoms with E-state index in [0.29, 0.717) is 11.3 Å². The lowest BCUT2D eigenvalue weighted by molar-refractivity contribution is 0.0600. The lowest BCUT2D eigenvalue weighted by Crippen LogP contribution is -2.49. The normalized spacial score (nSPS) is 14.4. The van der Waals surface area contributed by atoms with E-state index in [1.54, 1.807) is 34.1 Å². The third kappa shape index (κ3) is 6.03. The van der Waals surface area contributed by atoms with Gasteiger partial charge in [0.1, 0.15) is 0 Å². The molecule has 1 aliphatic heterocycles. The van der Waals surface area contributed by atoms with Gasteiger partial charge in [-0.05, 0) is 47.0 Å². The van der Waals surface area contributed by atoms with Gasteiger partial charge < -0.3 is 20.4 Å². The minimum atomic E-state index is -3.14. The van der Waals surface area contributed by atoms with Gasteiger partial charge in [0.2, 0.25) is 0 Å². The number of amides is 2. The van der Waals surface area contributed by atoms with E-state index in [4.69, 9.17) is 10.1 Å². The van der Waals surface area contributed by atoms with E-state index in [0.717, 1.165) is 27.9 Å². The Morgan fingerprint density at radius 1 is 1.00 bits per heavy atom. The minimum absolute atomic E-state index is 0.0567. The lowest BCUT2D eigenvalue weighted by Gasteiger charge is -2.33. The molecular formula is C28H30N4O5S. The van der Waals surface area contributed by atoms with Crippen molar-refractivity contribution in [1.82, 2.24) is 4.90 Å². The molecular weight excluding hydrogens is 504 g/mol. The average Bonchev–Trinajstić information content (AvgIpc) is 2.95. The van der Waals surface area contributed by atoms with Crippen molar-refractivity contribution in [2.24, 2.45) is 0 Å². The summed E-state index contributed by atoms with van der Waals surface area (Å²) < 4.78 is 28.6. The summed E-state index contributed by atoms with van der Waals surface area (Å²) in [5.41, 5.74) is 5.41. The van der Waals surface area contributed by atoms with Gasteiger partial charge >= 0.3 is 12.0 Å². The molecule has 9 nitrogen and oxygen atoms in total. The molecule has 0 saturated carbocycles. The van der Waals surface area contributed by atoms with Crippen molar-refractivity contribution >= 4 is 39.4 Å². The van der Waals surface area contributed by atoms with E-state index in [-0.39, 0.29) is 37.2 Å². The van der Waals surface area contributed by atoms with Gasteiger partial charge in [0.05, 0.1) is 30.7 Å². The van der Waals surface area contributed by atoms with E-state index < -0.39 is 15.8 Å². The standard InChI is InChI=1S/C28H30N4O5S/c1-30-26-17-23(7-8-24(26)18-29)21-9-11-25(12-10-21)32(28(34)31-13-15-38(35,36)16-14-31)19-20-3-5-22(6-4-20)27(33)37-2/h3-12,17-18,29-30H,13-16,19H2,1-2H3. The Kier molecular flexibility index (Phi) is 8.11. The first-order valence-electron chi connectivity index (χ1n) is 12.1. The van der Waals surface area contributed by atoms with Crippen LogP contribution < -0.4 is 10.2 Å². The molecule has 0 radical (unpaired) electrons. The number of carbonyl (C=O) groups is 2. The van der Waals surface area contributed by atoms with Crippen LogP contribution in [-0.2, 0) is 21.1 Å². The maximum absolute atomic E-state index is 13.6. The van der Waals surface area contributed by atoms with Crippen LogP contribution in [0.25, 0.3) is 11.1 Å². The maximum Gasteiger partial charge on any atom is 0.337 e. The third-order valence-corrected chi connectivity index (χ3v) is 8.16. The zero-order valence-electron chi connectivity index (χ0n) is 21.3. The number of nitrogens with zero attached hydrogens (tertiary/aromatic N) is 2. The Morgan fingerprint density at radius 2 is 1.63 bits per heavy atom. The number of esters is 1. The second-order valence-corrected chi connectivity index (χ2v) is 11.2. The molecule has 1 fully saturated rings. The first kappa shape index (κ1) is 26.9. The van der Waals surface area contributed by atoms with Gasteiger partial charge in [-0.1, -0.05) is 36.4 Å². The Balaban J connectivity index is 1.63. The van der Waals surface area contributed by atoms with Gasteiger partial charge in [0.15, 0.2) is 9.84 Å². The topological polar surface area (TPSA) is 120 Å². The Morgan fingerprint density at radius 3 is 2.21 bits per heavy atom. The smallest absolute Gasteiger partial charge is 0.337 e. The van der Waals surface area contributed by atoms with Crippen LogP contribution in [0, 0.1) is 5.41 Å². The molecule has 1 heterocycles. The molecule has 10 heteroatoms. The number of rotatable bonds is 7. The summed E-state index contributed by atoms with van der Waals surface area (Å²) in [6, 6.07) is 19.9. The van der Waals surface area contributed by atoms with E-state index in [1.807, 2.05) is 49.5 Å². The predicted molar refractivity (Wildman–Crippen MR) is 149 cm³/mol. The molecule has 0 aromatic heterocycles. The number of hydrogen-bond donors (Lipinski definition) is 2. The molecule has 3 aromatic carbocycles. The number of anilines is 2. The van der Waals surface area contributed by atoms with Crippen molar-refractivity contribution < 1.29 is 22.7 Å². The van der Waals surface area contributed by atoms with E-state index in [9.17, 15) is 18.0 Å². The SMILES string of the molecule is CNc1cc(-c2ccc(N(Cc3ccc(C(=O)OC)cc3)C(=O)N3CCS(=O)(=O)CC3)cc2)ccc1C=N. The van der Waals surface area contributed by atoms with E-state index in [2.05, 4.69) is 5.32 Å². The molecule has 0 aliphatic carbocycles. The number of sulfone groups is 1. The minimum Gasteiger partial charge on any atom is -0.465 e. The van der Waals surface area contributed by atoms with Crippen LogP contribution in [0.2, 0.25) is 0 Å².